The molecule has 1 aromatic rings. The van der Waals surface area contributed by atoms with Crippen LogP contribution in [0, 0.1) is 5.92 Å². The van der Waals surface area contributed by atoms with Gasteiger partial charge in [-0.05, 0) is 30.7 Å². The van der Waals surface area contributed by atoms with E-state index in [0.717, 1.165) is 30.1 Å². The maximum atomic E-state index is 5.15. The van der Waals surface area contributed by atoms with Crippen LogP contribution in [0.3, 0.4) is 0 Å². The molecule has 0 aliphatic heterocycles. The van der Waals surface area contributed by atoms with E-state index in [1.165, 1.54) is 12.0 Å². The lowest BCUT2D eigenvalue weighted by molar-refractivity contribution is 0.278. The normalized spacial score (nSPS) is 12.8. The van der Waals surface area contributed by atoms with Crippen LogP contribution in [-0.4, -0.2) is 30.9 Å². The minimum atomic E-state index is 0.734. The first-order chi connectivity index (χ1) is 8.19. The van der Waals surface area contributed by atoms with Crippen molar-refractivity contribution in [3.05, 3.63) is 29.8 Å². The van der Waals surface area contributed by atoms with Crippen LogP contribution in [0.1, 0.15) is 18.9 Å². The van der Waals surface area contributed by atoms with Crippen molar-refractivity contribution >= 4 is 15.9 Å². The number of hydrogen-bond donors (Lipinski definition) is 0. The van der Waals surface area contributed by atoms with Crippen LogP contribution in [0.2, 0.25) is 0 Å². The summed E-state index contributed by atoms with van der Waals surface area (Å²) in [6, 6.07) is 8.30. The molecule has 1 rings (SSSR count). The molecule has 17 heavy (non-hydrogen) atoms. The van der Waals surface area contributed by atoms with Crippen molar-refractivity contribution in [3.63, 3.8) is 0 Å². The maximum absolute atomic E-state index is 5.15. The van der Waals surface area contributed by atoms with Crippen molar-refractivity contribution in [1.82, 2.24) is 4.90 Å². The highest BCUT2D eigenvalue weighted by atomic mass is 79.9. The topological polar surface area (TPSA) is 12.5 Å². The highest BCUT2D eigenvalue weighted by Crippen LogP contribution is 2.14. The number of hydrogen-bond acceptors (Lipinski definition) is 2. The molecule has 0 radical (unpaired) electrons. The summed E-state index contributed by atoms with van der Waals surface area (Å²) in [6.07, 6.45) is 1.22. The van der Waals surface area contributed by atoms with Gasteiger partial charge in [0.25, 0.3) is 0 Å². The van der Waals surface area contributed by atoms with Crippen LogP contribution in [0.4, 0.5) is 0 Å². The van der Waals surface area contributed by atoms with Gasteiger partial charge in [-0.2, -0.15) is 0 Å². The second-order valence-corrected chi connectivity index (χ2v) is 5.12. The molecule has 3 heteroatoms. The van der Waals surface area contributed by atoms with Gasteiger partial charge in [-0.25, -0.2) is 0 Å². The number of methoxy groups -OCH3 is 1. The van der Waals surface area contributed by atoms with E-state index in [0.29, 0.717) is 0 Å². The van der Waals surface area contributed by atoms with Crippen LogP contribution in [0.25, 0.3) is 0 Å². The Labute approximate surface area is 113 Å². The summed E-state index contributed by atoms with van der Waals surface area (Å²) < 4.78 is 5.15. The van der Waals surface area contributed by atoms with Crippen molar-refractivity contribution < 1.29 is 4.74 Å². The molecule has 1 aromatic carbocycles. The number of nitrogens with zero attached hydrogens (tertiary/aromatic N) is 1. The molecule has 0 aliphatic rings. The number of halogens is 1. The third kappa shape index (κ3) is 5.09. The molecule has 2 nitrogen and oxygen atoms in total. The summed E-state index contributed by atoms with van der Waals surface area (Å²) in [7, 11) is 3.87. The Morgan fingerprint density at radius 1 is 1.29 bits per heavy atom. The molecule has 0 heterocycles. The molecule has 0 N–H and O–H groups in total. The molecule has 0 bridgehead atoms. The second kappa shape index (κ2) is 7.72. The zero-order valence-corrected chi connectivity index (χ0v) is 12.5. The molecule has 1 atom stereocenters. The van der Waals surface area contributed by atoms with Crippen LogP contribution < -0.4 is 4.74 Å². The molecule has 0 saturated heterocycles. The van der Waals surface area contributed by atoms with E-state index >= 15 is 0 Å². The number of rotatable bonds is 7. The highest BCUT2D eigenvalue weighted by molar-refractivity contribution is 9.09. The largest absolute Gasteiger partial charge is 0.497 e. The summed E-state index contributed by atoms with van der Waals surface area (Å²) in [5.41, 5.74) is 1.33. The van der Waals surface area contributed by atoms with Crippen LogP contribution in [0.5, 0.6) is 5.75 Å². The molecule has 1 unspecified atom stereocenters. The fourth-order valence-electron chi connectivity index (χ4n) is 1.83. The van der Waals surface area contributed by atoms with E-state index in [1.54, 1.807) is 7.11 Å². The fourth-order valence-corrected chi connectivity index (χ4v) is 2.50. The Balaban J connectivity index is 2.46. The van der Waals surface area contributed by atoms with E-state index in [2.05, 4.69) is 46.9 Å². The minimum absolute atomic E-state index is 0.734. The monoisotopic (exact) mass is 299 g/mol. The van der Waals surface area contributed by atoms with Crippen molar-refractivity contribution in [2.45, 2.75) is 19.9 Å². The zero-order chi connectivity index (χ0) is 12.7. The summed E-state index contributed by atoms with van der Waals surface area (Å²) in [5.74, 6) is 1.65. The number of benzene rings is 1. The van der Waals surface area contributed by atoms with E-state index in [9.17, 15) is 0 Å². The van der Waals surface area contributed by atoms with E-state index in [1.807, 2.05) is 12.1 Å². The van der Waals surface area contributed by atoms with Gasteiger partial charge in [-0.15, -0.1) is 0 Å². The Kier molecular flexibility index (Phi) is 6.60. The first-order valence-electron chi connectivity index (χ1n) is 6.07. The van der Waals surface area contributed by atoms with E-state index < -0.39 is 0 Å². The molecular weight excluding hydrogens is 278 g/mol. The summed E-state index contributed by atoms with van der Waals surface area (Å²) in [4.78, 5) is 2.37. The van der Waals surface area contributed by atoms with Crippen molar-refractivity contribution in [1.29, 1.82) is 0 Å². The second-order valence-electron chi connectivity index (χ2n) is 4.47. The molecular formula is C14H22BrNO. The smallest absolute Gasteiger partial charge is 0.118 e. The summed E-state index contributed by atoms with van der Waals surface area (Å²) in [5, 5.41) is 1.08. The van der Waals surface area contributed by atoms with Gasteiger partial charge in [0.2, 0.25) is 0 Å². The van der Waals surface area contributed by atoms with Gasteiger partial charge in [0.1, 0.15) is 5.75 Å². The average Bonchev–Trinajstić information content (AvgIpc) is 2.37. The quantitative estimate of drug-likeness (QED) is 0.714. The van der Waals surface area contributed by atoms with Crippen LogP contribution in [0.15, 0.2) is 24.3 Å². The van der Waals surface area contributed by atoms with Crippen molar-refractivity contribution in [2.75, 3.05) is 26.0 Å². The third-order valence-electron chi connectivity index (χ3n) is 2.98. The van der Waals surface area contributed by atoms with Gasteiger partial charge < -0.3 is 9.64 Å². The summed E-state index contributed by atoms with van der Waals surface area (Å²) in [6.45, 7) is 4.37. The van der Waals surface area contributed by atoms with Gasteiger partial charge in [0.05, 0.1) is 7.11 Å². The van der Waals surface area contributed by atoms with Crippen molar-refractivity contribution in [2.24, 2.45) is 5.92 Å². The Bertz CT molecular complexity index is 309. The standard InChI is InChI=1S/C14H22BrNO/c1-4-12(9-15)10-16(2)11-13-5-7-14(17-3)8-6-13/h5-8,12H,4,9-11H2,1-3H3. The van der Waals surface area contributed by atoms with Gasteiger partial charge >= 0.3 is 0 Å². The van der Waals surface area contributed by atoms with Gasteiger partial charge in [-0.1, -0.05) is 41.4 Å². The van der Waals surface area contributed by atoms with Crippen LogP contribution >= 0.6 is 15.9 Å². The number of ether oxygens (including phenoxy) is 1. The molecule has 96 valence electrons. The zero-order valence-electron chi connectivity index (χ0n) is 10.9. The highest BCUT2D eigenvalue weighted by Gasteiger charge is 2.08. The SMILES string of the molecule is CCC(CBr)CN(C)Cc1ccc(OC)cc1. The Hall–Kier alpha value is -0.540. The molecule has 0 fully saturated rings. The predicted octanol–water partition coefficient (Wildman–Crippen LogP) is 3.55. The fraction of sp³-hybridized carbons (Fsp3) is 0.571. The first-order valence-corrected chi connectivity index (χ1v) is 7.19. The Morgan fingerprint density at radius 2 is 1.94 bits per heavy atom. The molecule has 0 spiro atoms. The summed E-state index contributed by atoms with van der Waals surface area (Å²) >= 11 is 3.57. The van der Waals surface area contributed by atoms with Crippen molar-refractivity contribution in [3.8, 4) is 5.75 Å². The van der Waals surface area contributed by atoms with E-state index in [4.69, 9.17) is 4.74 Å². The number of alkyl halides is 1. The maximum Gasteiger partial charge on any atom is 0.118 e. The third-order valence-corrected chi connectivity index (χ3v) is 3.89. The lowest BCUT2D eigenvalue weighted by Crippen LogP contribution is -2.25. The molecule has 0 saturated carbocycles. The lowest BCUT2D eigenvalue weighted by Gasteiger charge is -2.21. The molecule has 0 aliphatic carbocycles. The van der Waals surface area contributed by atoms with Gasteiger partial charge in [0.15, 0.2) is 0 Å². The molecule has 0 amide bonds. The van der Waals surface area contributed by atoms with Crippen LogP contribution in [-0.2, 0) is 6.54 Å². The predicted molar refractivity (Wildman–Crippen MR) is 76.9 cm³/mol. The first kappa shape index (κ1) is 14.5. The Morgan fingerprint density at radius 3 is 2.41 bits per heavy atom. The van der Waals surface area contributed by atoms with E-state index in [-0.39, 0.29) is 0 Å². The lowest BCUT2D eigenvalue weighted by atomic mass is 10.1. The molecule has 0 aromatic heterocycles. The van der Waals surface area contributed by atoms with Gasteiger partial charge in [-0.3, -0.25) is 0 Å². The average molecular weight is 300 g/mol. The minimum Gasteiger partial charge on any atom is -0.497 e. The van der Waals surface area contributed by atoms with Gasteiger partial charge in [0, 0.05) is 18.4 Å².